The minimum Gasteiger partial charge on any atom is -0.178 e. The number of hydrogen-bond acceptors (Lipinski definition) is 7. The molecule has 0 amide bonds. The predicted molar refractivity (Wildman–Crippen MR) is 114 cm³/mol. The summed E-state index contributed by atoms with van der Waals surface area (Å²) in [6, 6.07) is 0. The van der Waals surface area contributed by atoms with Crippen LogP contribution < -0.4 is 0 Å². The van der Waals surface area contributed by atoms with E-state index in [1.54, 1.807) is 0 Å². The van der Waals surface area contributed by atoms with Gasteiger partial charge in [0, 0.05) is 55.5 Å². The molecule has 0 radical (unpaired) electrons. The summed E-state index contributed by atoms with van der Waals surface area (Å²) in [6.07, 6.45) is 0. The summed E-state index contributed by atoms with van der Waals surface area (Å²) in [5.41, 5.74) is 0. The van der Waals surface area contributed by atoms with Crippen molar-refractivity contribution in [1.29, 1.82) is 0 Å². The van der Waals surface area contributed by atoms with Crippen molar-refractivity contribution in [3.05, 3.63) is 0 Å². The van der Waals surface area contributed by atoms with E-state index in [1.807, 2.05) is 35.3 Å². The van der Waals surface area contributed by atoms with E-state index in [-0.39, 0.29) is 0 Å². The topological polar surface area (TPSA) is 0 Å². The van der Waals surface area contributed by atoms with Gasteiger partial charge in [-0.1, -0.05) is 13.8 Å². The molecular weight excluding hydrogens is 369 g/mol. The number of thioether (sulfide) groups is 3. The fourth-order valence-corrected chi connectivity index (χ4v) is 6.49. The molecule has 0 aromatic rings. The lowest BCUT2D eigenvalue weighted by Crippen LogP contribution is -2.20. The first-order valence-corrected chi connectivity index (χ1v) is 11.9. The highest BCUT2D eigenvalue weighted by Gasteiger charge is 2.16. The van der Waals surface area contributed by atoms with Gasteiger partial charge in [-0.25, -0.2) is 0 Å². The molecule has 0 aromatic carbocycles. The van der Waals surface area contributed by atoms with Gasteiger partial charge in [0.15, 0.2) is 0 Å². The van der Waals surface area contributed by atoms with Gasteiger partial charge in [0.25, 0.3) is 0 Å². The van der Waals surface area contributed by atoms with E-state index in [4.69, 9.17) is 0 Å². The molecule has 4 unspecified atom stereocenters. The second-order valence-corrected chi connectivity index (χ2v) is 10.6. The maximum absolute atomic E-state index is 4.49. The Bertz CT molecular complexity index is 201. The molecule has 0 aliphatic carbocycles. The predicted octanol–water partition coefficient (Wildman–Crippen LogP) is 4.42. The lowest BCUT2D eigenvalue weighted by molar-refractivity contribution is 1.07. The Hall–Kier alpha value is 2.45. The summed E-state index contributed by atoms with van der Waals surface area (Å²) >= 11 is 23.8. The Balaban J connectivity index is 3.95. The average molecular weight is 395 g/mol. The third-order valence-corrected chi connectivity index (χ3v) is 9.44. The third kappa shape index (κ3) is 12.7. The van der Waals surface area contributed by atoms with E-state index >= 15 is 0 Å². The largest absolute Gasteiger partial charge is 0.178 e. The van der Waals surface area contributed by atoms with Crippen molar-refractivity contribution in [1.82, 2.24) is 0 Å². The van der Waals surface area contributed by atoms with Gasteiger partial charge in [-0.3, -0.25) is 0 Å². The fourth-order valence-electron chi connectivity index (χ4n) is 1.24. The summed E-state index contributed by atoms with van der Waals surface area (Å²) in [4.78, 5) is 0. The van der Waals surface area contributed by atoms with Crippen molar-refractivity contribution in [2.75, 3.05) is 34.5 Å². The Labute approximate surface area is 154 Å². The van der Waals surface area contributed by atoms with Crippen molar-refractivity contribution in [3.63, 3.8) is 0 Å². The molecule has 0 spiro atoms. The Kier molecular flexibility index (Phi) is 15.9. The van der Waals surface area contributed by atoms with E-state index in [0.29, 0.717) is 21.0 Å². The van der Waals surface area contributed by atoms with Crippen LogP contribution in [0.1, 0.15) is 13.8 Å². The first kappa shape index (κ1) is 21.4. The van der Waals surface area contributed by atoms with Crippen molar-refractivity contribution in [2.45, 2.75) is 34.8 Å². The van der Waals surface area contributed by atoms with Crippen LogP contribution in [0.25, 0.3) is 0 Å². The van der Waals surface area contributed by atoms with Gasteiger partial charge in [0.2, 0.25) is 0 Å². The molecular formula is C12H26S7. The van der Waals surface area contributed by atoms with Crippen molar-refractivity contribution < 1.29 is 0 Å². The Morgan fingerprint density at radius 2 is 1.42 bits per heavy atom. The standard InChI is InChI=1S/C12H26S7/c1-9(16)6-17-7-11(4-14)19-12(5-15)8-18-10(2)3-13/h9-16H,3-8H2,1-2H3. The summed E-state index contributed by atoms with van der Waals surface area (Å²) in [5.74, 6) is 6.26. The van der Waals surface area contributed by atoms with Gasteiger partial charge in [0.1, 0.15) is 0 Å². The van der Waals surface area contributed by atoms with Crippen LogP contribution in [0.4, 0.5) is 0 Å². The lowest BCUT2D eigenvalue weighted by atomic mass is 10.5. The molecule has 0 heterocycles. The summed E-state index contributed by atoms with van der Waals surface area (Å²) in [6.45, 7) is 4.38. The molecule has 0 bridgehead atoms. The molecule has 0 nitrogen and oxygen atoms in total. The second-order valence-electron chi connectivity index (χ2n) is 4.46. The number of thiol groups is 4. The average Bonchev–Trinajstić information content (AvgIpc) is 2.40. The van der Waals surface area contributed by atoms with E-state index < -0.39 is 0 Å². The van der Waals surface area contributed by atoms with Gasteiger partial charge < -0.3 is 0 Å². The van der Waals surface area contributed by atoms with Gasteiger partial charge in [-0.05, 0) is 0 Å². The van der Waals surface area contributed by atoms with Crippen LogP contribution in [0, 0.1) is 0 Å². The highest BCUT2D eigenvalue weighted by Crippen LogP contribution is 2.28. The van der Waals surface area contributed by atoms with Crippen molar-refractivity contribution in [2.24, 2.45) is 0 Å². The first-order valence-electron chi connectivity index (χ1n) is 6.38. The van der Waals surface area contributed by atoms with Gasteiger partial charge in [-0.15, -0.1) is 0 Å². The highest BCUT2D eigenvalue weighted by molar-refractivity contribution is 8.06. The van der Waals surface area contributed by atoms with E-state index in [1.165, 1.54) is 0 Å². The smallest absolute Gasteiger partial charge is 0.0229 e. The molecule has 0 aliphatic rings. The minimum atomic E-state index is 0.475. The normalized spacial score (nSPS) is 18.0. The van der Waals surface area contributed by atoms with Crippen LogP contribution in [0.3, 0.4) is 0 Å². The van der Waals surface area contributed by atoms with Crippen LogP contribution in [0.5, 0.6) is 0 Å². The van der Waals surface area contributed by atoms with E-state index in [0.717, 1.165) is 34.5 Å². The quantitative estimate of drug-likeness (QED) is 0.362. The molecule has 0 fully saturated rings. The maximum atomic E-state index is 4.49. The zero-order valence-electron chi connectivity index (χ0n) is 11.6. The van der Waals surface area contributed by atoms with Gasteiger partial charge in [0.05, 0.1) is 0 Å². The molecule has 0 aromatic heterocycles. The van der Waals surface area contributed by atoms with Crippen LogP contribution in [-0.4, -0.2) is 55.5 Å². The molecule has 0 saturated carbocycles. The molecule has 0 N–H and O–H groups in total. The summed E-state index contributed by atoms with van der Waals surface area (Å²) in [5, 5.41) is 2.33. The monoisotopic (exact) mass is 394 g/mol. The fraction of sp³-hybridized carbons (Fsp3) is 1.00. The maximum Gasteiger partial charge on any atom is 0.0229 e. The second kappa shape index (κ2) is 14.1. The van der Waals surface area contributed by atoms with Crippen LogP contribution >= 0.6 is 85.8 Å². The van der Waals surface area contributed by atoms with Crippen LogP contribution in [0.15, 0.2) is 0 Å². The molecule has 4 atom stereocenters. The lowest BCUT2D eigenvalue weighted by Gasteiger charge is -2.22. The number of rotatable bonds is 12. The first-order chi connectivity index (χ1) is 9.03. The molecule has 19 heavy (non-hydrogen) atoms. The Morgan fingerprint density at radius 1 is 0.842 bits per heavy atom. The zero-order valence-corrected chi connectivity index (χ0v) is 17.6. The highest BCUT2D eigenvalue weighted by atomic mass is 32.2. The summed E-state index contributed by atoms with van der Waals surface area (Å²) < 4.78 is 0. The van der Waals surface area contributed by atoms with E-state index in [9.17, 15) is 0 Å². The zero-order chi connectivity index (χ0) is 14.7. The van der Waals surface area contributed by atoms with E-state index in [2.05, 4.69) is 64.4 Å². The number of hydrogen-bond donors (Lipinski definition) is 4. The third-order valence-electron chi connectivity index (χ3n) is 2.28. The molecule has 0 aliphatic heterocycles. The molecule has 0 saturated heterocycles. The molecule has 0 rings (SSSR count). The summed E-state index contributed by atoms with van der Waals surface area (Å²) in [7, 11) is 0. The molecule has 116 valence electrons. The van der Waals surface area contributed by atoms with Crippen LogP contribution in [0.2, 0.25) is 0 Å². The minimum absolute atomic E-state index is 0.475. The van der Waals surface area contributed by atoms with Crippen molar-refractivity contribution >= 4 is 85.8 Å². The molecule has 7 heteroatoms. The van der Waals surface area contributed by atoms with Crippen molar-refractivity contribution in [3.8, 4) is 0 Å². The van der Waals surface area contributed by atoms with Gasteiger partial charge in [-0.2, -0.15) is 85.8 Å². The van der Waals surface area contributed by atoms with Gasteiger partial charge >= 0.3 is 0 Å². The van der Waals surface area contributed by atoms with Crippen LogP contribution in [-0.2, 0) is 0 Å². The Morgan fingerprint density at radius 3 is 1.89 bits per heavy atom. The SMILES string of the molecule is CC(S)CSCC(CS)SC(CS)CSC(C)CS.